The maximum Gasteiger partial charge on any atom is 0.0707 e. The maximum absolute atomic E-state index is 6.20. The van der Waals surface area contributed by atoms with E-state index in [1.807, 2.05) is 0 Å². The van der Waals surface area contributed by atoms with Crippen LogP contribution in [0.2, 0.25) is 0 Å². The van der Waals surface area contributed by atoms with Crippen LogP contribution in [0, 0.1) is 0 Å². The number of nitrogens with zero attached hydrogens (tertiary/aromatic N) is 1. The zero-order valence-electron chi connectivity index (χ0n) is 13.2. The normalized spacial score (nSPS) is 33.8. The highest BCUT2D eigenvalue weighted by atomic mass is 16.5. The first-order chi connectivity index (χ1) is 8.94. The minimum Gasteiger partial charge on any atom is -0.372 e. The van der Waals surface area contributed by atoms with E-state index in [9.17, 15) is 0 Å². The smallest absolute Gasteiger partial charge is 0.0707 e. The van der Waals surface area contributed by atoms with Crippen LogP contribution in [-0.4, -0.2) is 48.3 Å². The van der Waals surface area contributed by atoms with Crippen molar-refractivity contribution in [3.8, 4) is 0 Å². The third-order valence-electron chi connectivity index (χ3n) is 4.43. The molecule has 3 heteroatoms. The maximum atomic E-state index is 6.20. The fraction of sp³-hybridized carbons (Fsp3) is 1.00. The third-order valence-corrected chi connectivity index (χ3v) is 4.43. The Hall–Kier alpha value is -0.120. The molecule has 112 valence electrons. The van der Waals surface area contributed by atoms with Gasteiger partial charge in [-0.15, -0.1) is 0 Å². The lowest BCUT2D eigenvalue weighted by atomic mass is 10.0. The van der Waals surface area contributed by atoms with Gasteiger partial charge in [0.25, 0.3) is 0 Å². The minimum absolute atomic E-state index is 0.197. The largest absolute Gasteiger partial charge is 0.372 e. The monoisotopic (exact) mass is 268 g/mol. The van der Waals surface area contributed by atoms with Crippen molar-refractivity contribution in [1.29, 1.82) is 0 Å². The number of rotatable bonds is 4. The Bertz CT molecular complexity index is 274. The van der Waals surface area contributed by atoms with Gasteiger partial charge in [-0.3, -0.25) is 4.90 Å². The molecule has 3 nitrogen and oxygen atoms in total. The van der Waals surface area contributed by atoms with Crippen molar-refractivity contribution in [2.45, 2.75) is 83.6 Å². The SMILES string of the molecule is CC1CCCCN1CC1CCC(CNC(C)(C)C)O1. The molecule has 0 aromatic rings. The average Bonchev–Trinajstić information content (AvgIpc) is 2.77. The van der Waals surface area contributed by atoms with Gasteiger partial charge < -0.3 is 10.1 Å². The molecule has 3 atom stereocenters. The summed E-state index contributed by atoms with van der Waals surface area (Å²) in [5, 5.41) is 3.56. The Balaban J connectivity index is 1.69. The van der Waals surface area contributed by atoms with Gasteiger partial charge in [0.05, 0.1) is 12.2 Å². The van der Waals surface area contributed by atoms with Crippen LogP contribution in [0.1, 0.15) is 59.8 Å². The molecular formula is C16H32N2O. The number of nitrogens with one attached hydrogen (secondary N) is 1. The van der Waals surface area contributed by atoms with Crippen molar-refractivity contribution in [1.82, 2.24) is 10.2 Å². The lowest BCUT2D eigenvalue weighted by Crippen LogP contribution is -2.43. The number of ether oxygens (including phenoxy) is 1. The van der Waals surface area contributed by atoms with Crippen molar-refractivity contribution < 1.29 is 4.74 Å². The highest BCUT2D eigenvalue weighted by molar-refractivity contribution is 4.83. The Morgan fingerprint density at radius 3 is 2.53 bits per heavy atom. The van der Waals surface area contributed by atoms with E-state index in [4.69, 9.17) is 4.74 Å². The lowest BCUT2D eigenvalue weighted by molar-refractivity contribution is 0.00782. The molecule has 0 amide bonds. The molecule has 0 aliphatic carbocycles. The van der Waals surface area contributed by atoms with Gasteiger partial charge in [0.15, 0.2) is 0 Å². The van der Waals surface area contributed by atoms with Crippen LogP contribution in [-0.2, 0) is 4.74 Å². The van der Waals surface area contributed by atoms with E-state index >= 15 is 0 Å². The number of likely N-dealkylation sites (tertiary alicyclic amines) is 1. The topological polar surface area (TPSA) is 24.5 Å². The Morgan fingerprint density at radius 1 is 1.11 bits per heavy atom. The molecule has 0 aromatic heterocycles. The number of hydrogen-bond acceptors (Lipinski definition) is 3. The van der Waals surface area contributed by atoms with Gasteiger partial charge in [-0.25, -0.2) is 0 Å². The highest BCUT2D eigenvalue weighted by Crippen LogP contribution is 2.24. The summed E-state index contributed by atoms with van der Waals surface area (Å²) in [5.74, 6) is 0. The van der Waals surface area contributed by atoms with Crippen LogP contribution in [0.5, 0.6) is 0 Å². The Kier molecular flexibility index (Phi) is 5.27. The van der Waals surface area contributed by atoms with Gasteiger partial charge in [0.2, 0.25) is 0 Å². The van der Waals surface area contributed by atoms with E-state index in [0.29, 0.717) is 12.2 Å². The summed E-state index contributed by atoms with van der Waals surface area (Å²) in [6.07, 6.45) is 7.47. The summed E-state index contributed by atoms with van der Waals surface area (Å²) in [6.45, 7) is 12.4. The van der Waals surface area contributed by atoms with Crippen molar-refractivity contribution in [3.63, 3.8) is 0 Å². The first-order valence-corrected chi connectivity index (χ1v) is 8.08. The van der Waals surface area contributed by atoms with Crippen LogP contribution in [0.3, 0.4) is 0 Å². The van der Waals surface area contributed by atoms with E-state index < -0.39 is 0 Å². The second kappa shape index (κ2) is 6.55. The summed E-state index contributed by atoms with van der Waals surface area (Å²) in [5.41, 5.74) is 0.197. The van der Waals surface area contributed by atoms with Gasteiger partial charge in [-0.05, 0) is 59.9 Å². The van der Waals surface area contributed by atoms with Crippen LogP contribution in [0.25, 0.3) is 0 Å². The zero-order valence-corrected chi connectivity index (χ0v) is 13.2. The molecule has 0 spiro atoms. The fourth-order valence-electron chi connectivity index (χ4n) is 3.17. The average molecular weight is 268 g/mol. The van der Waals surface area contributed by atoms with Crippen LogP contribution in [0.15, 0.2) is 0 Å². The van der Waals surface area contributed by atoms with E-state index in [1.165, 1.54) is 38.6 Å². The molecule has 3 unspecified atom stereocenters. The summed E-state index contributed by atoms with van der Waals surface area (Å²) >= 11 is 0. The van der Waals surface area contributed by atoms with Gasteiger partial charge in [0.1, 0.15) is 0 Å². The van der Waals surface area contributed by atoms with Crippen LogP contribution >= 0.6 is 0 Å². The molecule has 0 bridgehead atoms. The van der Waals surface area contributed by atoms with Crippen molar-refractivity contribution >= 4 is 0 Å². The molecule has 2 saturated heterocycles. The second-order valence-electron chi connectivity index (χ2n) is 7.43. The predicted molar refractivity (Wildman–Crippen MR) is 80.5 cm³/mol. The van der Waals surface area contributed by atoms with Gasteiger partial charge in [-0.1, -0.05) is 6.42 Å². The standard InChI is InChI=1S/C16H32N2O/c1-13-7-5-6-10-18(13)12-15-9-8-14(19-15)11-17-16(2,3)4/h13-15,17H,5-12H2,1-4H3. The molecule has 2 aliphatic heterocycles. The molecule has 2 fully saturated rings. The van der Waals surface area contributed by atoms with Gasteiger partial charge in [-0.2, -0.15) is 0 Å². The fourth-order valence-corrected chi connectivity index (χ4v) is 3.17. The first-order valence-electron chi connectivity index (χ1n) is 8.08. The van der Waals surface area contributed by atoms with E-state index in [1.54, 1.807) is 0 Å². The Morgan fingerprint density at radius 2 is 1.84 bits per heavy atom. The quantitative estimate of drug-likeness (QED) is 0.848. The highest BCUT2D eigenvalue weighted by Gasteiger charge is 2.29. The van der Waals surface area contributed by atoms with Crippen molar-refractivity contribution in [3.05, 3.63) is 0 Å². The molecule has 0 aromatic carbocycles. The molecule has 0 radical (unpaired) electrons. The molecule has 2 aliphatic rings. The van der Waals surface area contributed by atoms with E-state index in [2.05, 4.69) is 37.9 Å². The van der Waals surface area contributed by atoms with Crippen molar-refractivity contribution in [2.24, 2.45) is 0 Å². The van der Waals surface area contributed by atoms with Crippen LogP contribution in [0.4, 0.5) is 0 Å². The lowest BCUT2D eigenvalue weighted by Gasteiger charge is -2.35. The molecular weight excluding hydrogens is 236 g/mol. The Labute approximate surface area is 119 Å². The molecule has 2 heterocycles. The van der Waals surface area contributed by atoms with E-state index in [0.717, 1.165) is 19.1 Å². The van der Waals surface area contributed by atoms with Crippen molar-refractivity contribution in [2.75, 3.05) is 19.6 Å². The van der Waals surface area contributed by atoms with Gasteiger partial charge in [0, 0.05) is 24.7 Å². The molecule has 19 heavy (non-hydrogen) atoms. The van der Waals surface area contributed by atoms with E-state index in [-0.39, 0.29) is 5.54 Å². The van der Waals surface area contributed by atoms with Crippen LogP contribution < -0.4 is 5.32 Å². The summed E-state index contributed by atoms with van der Waals surface area (Å²) < 4.78 is 6.20. The molecule has 2 rings (SSSR count). The number of piperidine rings is 1. The summed E-state index contributed by atoms with van der Waals surface area (Å²) in [6, 6.07) is 0.754. The predicted octanol–water partition coefficient (Wildman–Crippen LogP) is 2.80. The summed E-state index contributed by atoms with van der Waals surface area (Å²) in [4.78, 5) is 2.63. The van der Waals surface area contributed by atoms with Gasteiger partial charge >= 0.3 is 0 Å². The first kappa shape index (κ1) is 15.3. The third kappa shape index (κ3) is 5.05. The minimum atomic E-state index is 0.197. The second-order valence-corrected chi connectivity index (χ2v) is 7.43. The zero-order chi connectivity index (χ0) is 13.9. The molecule has 0 saturated carbocycles. The summed E-state index contributed by atoms with van der Waals surface area (Å²) in [7, 11) is 0. The number of hydrogen-bond donors (Lipinski definition) is 1. The molecule has 1 N–H and O–H groups in total.